The third kappa shape index (κ3) is 3.71. The molecular formula is C13H20BrFN2O2S. The molecular weight excluding hydrogens is 347 g/mol. The van der Waals surface area contributed by atoms with Crippen LogP contribution in [0.1, 0.15) is 27.2 Å². The molecule has 4 nitrogen and oxygen atoms in total. The Morgan fingerprint density at radius 1 is 1.35 bits per heavy atom. The molecule has 0 aliphatic carbocycles. The van der Waals surface area contributed by atoms with Crippen molar-refractivity contribution in [1.29, 1.82) is 0 Å². The van der Waals surface area contributed by atoms with Crippen molar-refractivity contribution >= 4 is 31.6 Å². The summed E-state index contributed by atoms with van der Waals surface area (Å²) in [6.45, 7) is 5.91. The van der Waals surface area contributed by atoms with Crippen molar-refractivity contribution in [2.45, 2.75) is 38.1 Å². The first-order valence-corrected chi connectivity index (χ1v) is 8.53. The normalized spacial score (nSPS) is 14.0. The topological polar surface area (TPSA) is 63.4 Å². The third-order valence-corrected chi connectivity index (χ3v) is 6.07. The van der Waals surface area contributed by atoms with Gasteiger partial charge in [0.1, 0.15) is 5.82 Å². The van der Waals surface area contributed by atoms with Crippen molar-refractivity contribution in [1.82, 2.24) is 4.31 Å². The second-order valence-corrected chi connectivity index (χ2v) is 8.12. The zero-order valence-electron chi connectivity index (χ0n) is 12.0. The fourth-order valence-electron chi connectivity index (χ4n) is 1.97. The Bertz CT molecular complexity index is 590. The molecule has 0 fully saturated rings. The molecule has 0 aromatic heterocycles. The molecule has 1 unspecified atom stereocenters. The first-order chi connectivity index (χ1) is 9.07. The maximum atomic E-state index is 13.3. The van der Waals surface area contributed by atoms with E-state index in [1.54, 1.807) is 0 Å². The summed E-state index contributed by atoms with van der Waals surface area (Å²) in [5, 5.41) is 0. The van der Waals surface area contributed by atoms with Gasteiger partial charge in [0.15, 0.2) is 0 Å². The van der Waals surface area contributed by atoms with Crippen LogP contribution in [0.5, 0.6) is 0 Å². The fraction of sp³-hybridized carbons (Fsp3) is 0.538. The van der Waals surface area contributed by atoms with Crippen LogP contribution in [0, 0.1) is 11.7 Å². The van der Waals surface area contributed by atoms with Crippen LogP contribution in [0.4, 0.5) is 10.1 Å². The number of hydrogen-bond acceptors (Lipinski definition) is 3. The maximum absolute atomic E-state index is 13.3. The largest absolute Gasteiger partial charge is 0.396 e. The van der Waals surface area contributed by atoms with Crippen molar-refractivity contribution in [3.63, 3.8) is 0 Å². The lowest BCUT2D eigenvalue weighted by Crippen LogP contribution is -2.36. The van der Waals surface area contributed by atoms with Crippen LogP contribution in [0.15, 0.2) is 21.5 Å². The van der Waals surface area contributed by atoms with Gasteiger partial charge < -0.3 is 5.73 Å². The van der Waals surface area contributed by atoms with E-state index in [1.807, 2.05) is 20.8 Å². The molecule has 0 radical (unpaired) electrons. The molecule has 0 bridgehead atoms. The van der Waals surface area contributed by atoms with Gasteiger partial charge in [0.2, 0.25) is 10.0 Å². The van der Waals surface area contributed by atoms with E-state index < -0.39 is 15.8 Å². The highest BCUT2D eigenvalue weighted by Crippen LogP contribution is 2.30. The van der Waals surface area contributed by atoms with Crippen molar-refractivity contribution in [3.05, 3.63) is 22.4 Å². The average Bonchev–Trinajstić information content (AvgIpc) is 2.31. The van der Waals surface area contributed by atoms with Crippen molar-refractivity contribution in [2.75, 3.05) is 12.8 Å². The molecule has 1 aromatic rings. The molecule has 20 heavy (non-hydrogen) atoms. The van der Waals surface area contributed by atoms with E-state index in [4.69, 9.17) is 5.73 Å². The van der Waals surface area contributed by atoms with Crippen LogP contribution in [0.2, 0.25) is 0 Å². The average molecular weight is 367 g/mol. The van der Waals surface area contributed by atoms with E-state index in [2.05, 4.69) is 15.9 Å². The van der Waals surface area contributed by atoms with E-state index in [0.717, 1.165) is 18.6 Å². The molecule has 0 saturated carbocycles. The summed E-state index contributed by atoms with van der Waals surface area (Å²) < 4.78 is 39.9. The quantitative estimate of drug-likeness (QED) is 0.813. The van der Waals surface area contributed by atoms with Crippen molar-refractivity contribution in [3.8, 4) is 0 Å². The Hall–Kier alpha value is -0.660. The second-order valence-electron chi connectivity index (χ2n) is 5.30. The summed E-state index contributed by atoms with van der Waals surface area (Å²) in [6, 6.07) is 2.06. The summed E-state index contributed by atoms with van der Waals surface area (Å²) in [6.07, 6.45) is 0.740. The minimum absolute atomic E-state index is 0.0190. The van der Waals surface area contributed by atoms with E-state index >= 15 is 0 Å². The van der Waals surface area contributed by atoms with E-state index in [0.29, 0.717) is 5.92 Å². The predicted molar refractivity (Wildman–Crippen MR) is 82.4 cm³/mol. The Kier molecular flexibility index (Phi) is 5.57. The lowest BCUT2D eigenvalue weighted by atomic mass is 10.1. The number of nitrogens with two attached hydrogens (primary N) is 1. The third-order valence-electron chi connectivity index (χ3n) is 3.14. The number of rotatable bonds is 5. The summed E-state index contributed by atoms with van der Waals surface area (Å²) in [7, 11) is -2.19. The summed E-state index contributed by atoms with van der Waals surface area (Å²) >= 11 is 3.08. The van der Waals surface area contributed by atoms with Gasteiger partial charge in [0, 0.05) is 17.6 Å². The summed E-state index contributed by atoms with van der Waals surface area (Å²) in [5.74, 6) is -0.266. The minimum Gasteiger partial charge on any atom is -0.396 e. The number of hydrogen-bond donors (Lipinski definition) is 1. The van der Waals surface area contributed by atoms with Crippen LogP contribution in [-0.4, -0.2) is 25.8 Å². The van der Waals surface area contributed by atoms with Gasteiger partial charge in [-0.25, -0.2) is 12.8 Å². The van der Waals surface area contributed by atoms with Crippen LogP contribution < -0.4 is 5.73 Å². The number of anilines is 1. The lowest BCUT2D eigenvalue weighted by Gasteiger charge is -2.26. The van der Waals surface area contributed by atoms with Gasteiger partial charge in [0.25, 0.3) is 0 Å². The van der Waals surface area contributed by atoms with Crippen molar-refractivity contribution < 1.29 is 12.8 Å². The van der Waals surface area contributed by atoms with Crippen LogP contribution in [-0.2, 0) is 10.0 Å². The van der Waals surface area contributed by atoms with E-state index in [9.17, 15) is 12.8 Å². The van der Waals surface area contributed by atoms with E-state index in [1.165, 1.54) is 11.4 Å². The monoisotopic (exact) mass is 366 g/mol. The maximum Gasteiger partial charge on any atom is 0.244 e. The molecule has 7 heteroatoms. The number of nitrogen functional groups attached to an aromatic ring is 1. The Morgan fingerprint density at radius 2 is 1.90 bits per heavy atom. The molecule has 114 valence electrons. The molecule has 0 aliphatic rings. The first-order valence-electron chi connectivity index (χ1n) is 6.30. The number of halogens is 2. The molecule has 0 amide bonds. The van der Waals surface area contributed by atoms with Gasteiger partial charge in [-0.05, 0) is 47.3 Å². The van der Waals surface area contributed by atoms with Crippen LogP contribution >= 0.6 is 15.9 Å². The van der Waals surface area contributed by atoms with Gasteiger partial charge in [-0.1, -0.05) is 13.8 Å². The second kappa shape index (κ2) is 6.41. The first kappa shape index (κ1) is 17.4. The predicted octanol–water partition coefficient (Wildman–Crippen LogP) is 3.23. The highest BCUT2D eigenvalue weighted by molar-refractivity contribution is 9.10. The Balaban J connectivity index is 3.20. The standard InChI is InChI=1S/C13H20BrFN2O2S/c1-8(2)5-9(3)17(4)20(18,19)13-7-12(16)11(15)6-10(13)14/h6-9H,5,16H2,1-4H3. The SMILES string of the molecule is CC(C)CC(C)N(C)S(=O)(=O)c1cc(N)c(F)cc1Br. The zero-order chi connectivity index (χ0) is 15.7. The molecule has 0 saturated heterocycles. The van der Waals surface area contributed by atoms with Gasteiger partial charge in [-0.2, -0.15) is 4.31 Å². The highest BCUT2D eigenvalue weighted by Gasteiger charge is 2.28. The molecule has 0 heterocycles. The minimum atomic E-state index is -3.71. The zero-order valence-corrected chi connectivity index (χ0v) is 14.4. The number of benzene rings is 1. The number of sulfonamides is 1. The molecule has 1 atom stereocenters. The molecule has 1 aromatic carbocycles. The molecule has 2 N–H and O–H groups in total. The van der Waals surface area contributed by atoms with Gasteiger partial charge in [-0.3, -0.25) is 0 Å². The summed E-state index contributed by atoms with van der Waals surface area (Å²) in [5.41, 5.74) is 5.28. The van der Waals surface area contributed by atoms with Gasteiger partial charge in [0.05, 0.1) is 10.6 Å². The summed E-state index contributed by atoms with van der Waals surface area (Å²) in [4.78, 5) is -0.0190. The van der Waals surface area contributed by atoms with E-state index in [-0.39, 0.29) is 21.1 Å². The Morgan fingerprint density at radius 3 is 2.40 bits per heavy atom. The molecule has 0 spiro atoms. The van der Waals surface area contributed by atoms with Gasteiger partial charge in [-0.15, -0.1) is 0 Å². The van der Waals surface area contributed by atoms with Crippen LogP contribution in [0.3, 0.4) is 0 Å². The fourth-order valence-corrected chi connectivity index (χ4v) is 4.35. The van der Waals surface area contributed by atoms with Crippen LogP contribution in [0.25, 0.3) is 0 Å². The lowest BCUT2D eigenvalue weighted by molar-refractivity contribution is 0.337. The number of nitrogens with zero attached hydrogens (tertiary/aromatic N) is 1. The molecule has 0 aliphatic heterocycles. The Labute approximate surface area is 128 Å². The molecule has 1 rings (SSSR count). The van der Waals surface area contributed by atoms with Crippen molar-refractivity contribution in [2.24, 2.45) is 5.92 Å². The van der Waals surface area contributed by atoms with Gasteiger partial charge >= 0.3 is 0 Å². The smallest absolute Gasteiger partial charge is 0.244 e. The highest BCUT2D eigenvalue weighted by atomic mass is 79.9.